The molecule has 19 heavy (non-hydrogen) atoms. The molecular formula is C14H27N3O2. The van der Waals surface area contributed by atoms with Crippen LogP contribution in [0.5, 0.6) is 0 Å². The van der Waals surface area contributed by atoms with Crippen LogP contribution in [0.4, 0.5) is 0 Å². The maximum Gasteiger partial charge on any atom is 0.247 e. The van der Waals surface area contributed by atoms with E-state index in [-0.39, 0.29) is 11.8 Å². The van der Waals surface area contributed by atoms with Gasteiger partial charge in [-0.05, 0) is 41.5 Å². The number of likely N-dealkylation sites (N-methyl/N-ethyl adjacent to an activating group) is 1. The maximum absolute atomic E-state index is 12.8. The third kappa shape index (κ3) is 2.48. The average Bonchev–Trinajstić information content (AvgIpc) is 2.23. The van der Waals surface area contributed by atoms with E-state index in [1.54, 1.807) is 30.7 Å². The molecule has 110 valence electrons. The minimum Gasteiger partial charge on any atom is -0.342 e. The van der Waals surface area contributed by atoms with Gasteiger partial charge in [-0.1, -0.05) is 0 Å². The summed E-state index contributed by atoms with van der Waals surface area (Å²) in [6.07, 6.45) is 0. The zero-order chi connectivity index (χ0) is 15.2. The highest BCUT2D eigenvalue weighted by Gasteiger charge is 2.50. The first-order valence-electron chi connectivity index (χ1n) is 6.70. The van der Waals surface area contributed by atoms with Crippen molar-refractivity contribution in [1.82, 2.24) is 9.80 Å². The second-order valence-corrected chi connectivity index (χ2v) is 7.09. The largest absolute Gasteiger partial charge is 0.342 e. The number of piperazine rings is 1. The Kier molecular flexibility index (Phi) is 3.76. The molecular weight excluding hydrogens is 242 g/mol. The minimum absolute atomic E-state index is 0.0299. The quantitative estimate of drug-likeness (QED) is 0.807. The molecule has 0 unspecified atom stereocenters. The van der Waals surface area contributed by atoms with Gasteiger partial charge in [-0.2, -0.15) is 0 Å². The standard InChI is InChI=1S/C14H27N3O2/c1-12(2,14(5,6)15)10(18)17-9-8-16(7)11(19)13(17,3)4/h8-9,15H2,1-7H3. The molecule has 0 spiro atoms. The van der Waals surface area contributed by atoms with E-state index in [1.807, 2.05) is 27.7 Å². The van der Waals surface area contributed by atoms with Crippen LogP contribution in [0, 0.1) is 5.41 Å². The van der Waals surface area contributed by atoms with Crippen LogP contribution in [0.1, 0.15) is 41.5 Å². The Morgan fingerprint density at radius 2 is 1.68 bits per heavy atom. The van der Waals surface area contributed by atoms with E-state index in [0.717, 1.165) is 0 Å². The van der Waals surface area contributed by atoms with Crippen molar-refractivity contribution in [1.29, 1.82) is 0 Å². The number of rotatable bonds is 2. The Morgan fingerprint density at radius 1 is 1.21 bits per heavy atom. The second kappa shape index (κ2) is 4.47. The summed E-state index contributed by atoms with van der Waals surface area (Å²) in [6.45, 7) is 12.1. The zero-order valence-electron chi connectivity index (χ0n) is 13.2. The van der Waals surface area contributed by atoms with Crippen LogP contribution in [0.3, 0.4) is 0 Å². The van der Waals surface area contributed by atoms with Crippen molar-refractivity contribution < 1.29 is 9.59 Å². The van der Waals surface area contributed by atoms with Gasteiger partial charge in [-0.25, -0.2) is 0 Å². The van der Waals surface area contributed by atoms with E-state index in [4.69, 9.17) is 5.73 Å². The van der Waals surface area contributed by atoms with Gasteiger partial charge in [0.1, 0.15) is 5.54 Å². The summed E-state index contributed by atoms with van der Waals surface area (Å²) in [7, 11) is 1.77. The Bertz CT molecular complexity index is 394. The highest BCUT2D eigenvalue weighted by Crippen LogP contribution is 2.34. The fourth-order valence-corrected chi connectivity index (χ4v) is 2.18. The second-order valence-electron chi connectivity index (χ2n) is 7.09. The molecule has 1 heterocycles. The van der Waals surface area contributed by atoms with Gasteiger partial charge in [0.05, 0.1) is 5.41 Å². The molecule has 0 aromatic carbocycles. The lowest BCUT2D eigenvalue weighted by Gasteiger charge is -2.49. The highest BCUT2D eigenvalue weighted by molar-refractivity contribution is 5.94. The Hall–Kier alpha value is -1.10. The number of amides is 2. The van der Waals surface area contributed by atoms with Gasteiger partial charge < -0.3 is 15.5 Å². The molecule has 0 atom stereocenters. The molecule has 0 radical (unpaired) electrons. The lowest BCUT2D eigenvalue weighted by atomic mass is 9.73. The van der Waals surface area contributed by atoms with Gasteiger partial charge in [0.2, 0.25) is 11.8 Å². The van der Waals surface area contributed by atoms with Crippen molar-refractivity contribution in [2.75, 3.05) is 20.1 Å². The number of carbonyl (C=O) groups is 2. The number of hydrogen-bond acceptors (Lipinski definition) is 3. The summed E-state index contributed by atoms with van der Waals surface area (Å²) in [5.41, 5.74) is 3.95. The number of nitrogens with zero attached hydrogens (tertiary/aromatic N) is 2. The van der Waals surface area contributed by atoms with Crippen molar-refractivity contribution in [3.8, 4) is 0 Å². The number of hydrogen-bond donors (Lipinski definition) is 1. The van der Waals surface area contributed by atoms with Crippen molar-refractivity contribution in [2.45, 2.75) is 52.6 Å². The first-order valence-corrected chi connectivity index (χ1v) is 6.70. The van der Waals surface area contributed by atoms with Crippen LogP contribution < -0.4 is 5.73 Å². The molecule has 0 aromatic rings. The average molecular weight is 269 g/mol. The van der Waals surface area contributed by atoms with Crippen molar-refractivity contribution in [3.63, 3.8) is 0 Å². The molecule has 0 saturated carbocycles. The fraction of sp³-hybridized carbons (Fsp3) is 0.857. The summed E-state index contributed by atoms with van der Waals surface area (Å²) in [5.74, 6) is -0.0934. The van der Waals surface area contributed by atoms with Gasteiger partial charge in [0.15, 0.2) is 0 Å². The minimum atomic E-state index is -0.813. The topological polar surface area (TPSA) is 66.6 Å². The maximum atomic E-state index is 12.8. The molecule has 1 saturated heterocycles. The molecule has 1 fully saturated rings. The third-order valence-corrected chi connectivity index (χ3v) is 4.59. The molecule has 1 rings (SSSR count). The predicted octanol–water partition coefficient (Wildman–Crippen LogP) is 0.829. The predicted molar refractivity (Wildman–Crippen MR) is 75.5 cm³/mol. The van der Waals surface area contributed by atoms with Gasteiger partial charge in [0.25, 0.3) is 0 Å². The summed E-state index contributed by atoms with van der Waals surface area (Å²) in [6, 6.07) is 0. The van der Waals surface area contributed by atoms with Crippen LogP contribution in [0.2, 0.25) is 0 Å². The molecule has 0 aromatic heterocycles. The summed E-state index contributed by atoms with van der Waals surface area (Å²) < 4.78 is 0. The van der Waals surface area contributed by atoms with Crippen LogP contribution in [0.25, 0.3) is 0 Å². The monoisotopic (exact) mass is 269 g/mol. The van der Waals surface area contributed by atoms with Gasteiger partial charge >= 0.3 is 0 Å². The van der Waals surface area contributed by atoms with E-state index in [2.05, 4.69) is 0 Å². The zero-order valence-corrected chi connectivity index (χ0v) is 13.2. The summed E-state index contributed by atoms with van der Waals surface area (Å²) in [4.78, 5) is 28.4. The van der Waals surface area contributed by atoms with Crippen LogP contribution in [-0.2, 0) is 9.59 Å². The number of nitrogens with two attached hydrogens (primary N) is 1. The number of carbonyl (C=O) groups excluding carboxylic acids is 2. The van der Waals surface area contributed by atoms with Crippen molar-refractivity contribution in [3.05, 3.63) is 0 Å². The Morgan fingerprint density at radius 3 is 2.11 bits per heavy atom. The fourth-order valence-electron chi connectivity index (χ4n) is 2.18. The Balaban J connectivity index is 3.10. The van der Waals surface area contributed by atoms with Gasteiger partial charge in [-0.15, -0.1) is 0 Å². The molecule has 2 amide bonds. The van der Waals surface area contributed by atoms with E-state index < -0.39 is 16.5 Å². The van der Waals surface area contributed by atoms with E-state index in [9.17, 15) is 9.59 Å². The Labute approximate surface area is 116 Å². The van der Waals surface area contributed by atoms with Crippen molar-refractivity contribution >= 4 is 11.8 Å². The highest BCUT2D eigenvalue weighted by atomic mass is 16.2. The lowest BCUT2D eigenvalue weighted by molar-refractivity contribution is -0.164. The first-order chi connectivity index (χ1) is 8.33. The van der Waals surface area contributed by atoms with E-state index in [1.165, 1.54) is 0 Å². The summed E-state index contributed by atoms with van der Waals surface area (Å²) >= 11 is 0. The third-order valence-electron chi connectivity index (χ3n) is 4.59. The van der Waals surface area contributed by atoms with E-state index in [0.29, 0.717) is 13.1 Å². The summed E-state index contributed by atoms with van der Waals surface area (Å²) in [5, 5.41) is 0. The van der Waals surface area contributed by atoms with Crippen molar-refractivity contribution in [2.24, 2.45) is 11.1 Å². The smallest absolute Gasteiger partial charge is 0.247 e. The van der Waals surface area contributed by atoms with Crippen LogP contribution >= 0.6 is 0 Å². The van der Waals surface area contributed by atoms with Crippen LogP contribution in [-0.4, -0.2) is 52.8 Å². The van der Waals surface area contributed by atoms with Gasteiger partial charge in [0, 0.05) is 25.7 Å². The first kappa shape index (κ1) is 16.0. The molecule has 5 nitrogen and oxygen atoms in total. The molecule has 1 aliphatic heterocycles. The molecule has 2 N–H and O–H groups in total. The van der Waals surface area contributed by atoms with Crippen LogP contribution in [0.15, 0.2) is 0 Å². The SMILES string of the molecule is CN1CCN(C(=O)C(C)(C)C(C)(C)N)C(C)(C)C1=O. The molecule has 5 heteroatoms. The van der Waals surface area contributed by atoms with Gasteiger partial charge in [-0.3, -0.25) is 9.59 Å². The molecule has 0 aliphatic carbocycles. The molecule has 1 aliphatic rings. The lowest BCUT2D eigenvalue weighted by Crippen LogP contribution is -2.68. The molecule has 0 bridgehead atoms. The van der Waals surface area contributed by atoms with E-state index >= 15 is 0 Å². The normalized spacial score (nSPS) is 20.7.